The first-order valence-electron chi connectivity index (χ1n) is 4.54. The third-order valence-electron chi connectivity index (χ3n) is 1.69. The fourth-order valence-corrected chi connectivity index (χ4v) is 0.659. The molecule has 0 radical (unpaired) electrons. The van der Waals surface area contributed by atoms with Crippen LogP contribution in [0.5, 0.6) is 0 Å². The van der Waals surface area contributed by atoms with Gasteiger partial charge in [-0.25, -0.2) is 0 Å². The van der Waals surface area contributed by atoms with Gasteiger partial charge in [0.2, 0.25) is 0 Å². The summed E-state index contributed by atoms with van der Waals surface area (Å²) in [5.41, 5.74) is 0. The normalized spacial score (nSPS) is 28.0. The molecule has 2 aliphatic heterocycles. The van der Waals surface area contributed by atoms with Crippen molar-refractivity contribution in [2.75, 3.05) is 33.5 Å². The molecule has 2 unspecified atom stereocenters. The summed E-state index contributed by atoms with van der Waals surface area (Å²) >= 11 is 0. The van der Waals surface area contributed by atoms with Gasteiger partial charge in [-0.1, -0.05) is 0 Å². The van der Waals surface area contributed by atoms with E-state index in [1.807, 2.05) is 0 Å². The Hall–Kier alpha value is -0.0631. The van der Waals surface area contributed by atoms with Gasteiger partial charge in [0.15, 0.2) is 0 Å². The maximum absolute atomic E-state index is 7.85. The van der Waals surface area contributed by atoms with Gasteiger partial charge in [0.25, 0.3) is 0 Å². The lowest BCUT2D eigenvalue weighted by Crippen LogP contribution is -2.37. The highest BCUT2D eigenvalue weighted by molar-refractivity contribution is 6.48. The molecule has 0 aromatic carbocycles. The molecule has 0 bridgehead atoms. The molecule has 15 heavy (non-hydrogen) atoms. The van der Waals surface area contributed by atoms with Crippen molar-refractivity contribution in [3.8, 4) is 0 Å². The fraction of sp³-hybridized carbons (Fsp3) is 1.00. The van der Waals surface area contributed by atoms with Gasteiger partial charge in [0, 0.05) is 7.11 Å². The number of hydrogen-bond acceptors (Lipinski definition) is 7. The summed E-state index contributed by atoms with van der Waals surface area (Å²) in [6, 6.07) is 0. The van der Waals surface area contributed by atoms with Crippen molar-refractivity contribution in [2.45, 2.75) is 12.2 Å². The van der Waals surface area contributed by atoms with Crippen molar-refractivity contribution in [1.29, 1.82) is 0 Å². The summed E-state index contributed by atoms with van der Waals surface area (Å²) in [6.45, 7) is 3.26. The van der Waals surface area contributed by atoms with Crippen LogP contribution in [0.2, 0.25) is 0 Å². The second-order valence-electron chi connectivity index (χ2n) is 3.23. The zero-order valence-electron chi connectivity index (χ0n) is 8.46. The van der Waals surface area contributed by atoms with Crippen molar-refractivity contribution in [3.63, 3.8) is 0 Å². The molecule has 0 amide bonds. The van der Waals surface area contributed by atoms with Crippen molar-refractivity contribution >= 4 is 9.05 Å². The van der Waals surface area contributed by atoms with Gasteiger partial charge in [0.1, 0.15) is 12.2 Å². The molecule has 2 aliphatic rings. The first-order chi connectivity index (χ1) is 7.01. The molecule has 0 saturated carbocycles. The fourth-order valence-electron chi connectivity index (χ4n) is 0.659. The summed E-state index contributed by atoms with van der Waals surface area (Å²) < 4.78 is 18.9. The molecule has 0 spiro atoms. The highest BCUT2D eigenvalue weighted by Gasteiger charge is 2.27. The Balaban J connectivity index is 0.000000167. The molecule has 2 rings (SSSR count). The molecule has 2 saturated heterocycles. The Morgan fingerprint density at radius 1 is 1.13 bits per heavy atom. The van der Waals surface area contributed by atoms with Crippen molar-refractivity contribution < 1.29 is 33.0 Å². The minimum atomic E-state index is -4.13. The Labute approximate surface area is 88.6 Å². The summed E-state index contributed by atoms with van der Waals surface area (Å²) in [5, 5.41) is 0. The SMILES string of the molecule is C(OCC1CO1)C1CO1.CO[Si](O)(O)O. The minimum absolute atomic E-state index is 0.392. The van der Waals surface area contributed by atoms with Crippen LogP contribution in [0.3, 0.4) is 0 Å². The zero-order valence-corrected chi connectivity index (χ0v) is 9.46. The maximum atomic E-state index is 7.85. The molecule has 8 heteroatoms. The van der Waals surface area contributed by atoms with E-state index in [9.17, 15) is 0 Å². The summed E-state index contributed by atoms with van der Waals surface area (Å²) in [4.78, 5) is 23.6. The minimum Gasteiger partial charge on any atom is -0.376 e. The monoisotopic (exact) mass is 240 g/mol. The molecule has 2 atom stereocenters. The number of hydrogen-bond donors (Lipinski definition) is 3. The molecule has 3 N–H and O–H groups in total. The summed E-state index contributed by atoms with van der Waals surface area (Å²) in [6.07, 6.45) is 0.785. The number of ether oxygens (including phenoxy) is 3. The maximum Gasteiger partial charge on any atom is 0.671 e. The average molecular weight is 240 g/mol. The van der Waals surface area contributed by atoms with Gasteiger partial charge in [-0.15, -0.1) is 0 Å². The molecule has 90 valence electrons. The van der Waals surface area contributed by atoms with Crippen LogP contribution in [0, 0.1) is 0 Å². The van der Waals surface area contributed by atoms with Crippen LogP contribution in [0.4, 0.5) is 0 Å². The van der Waals surface area contributed by atoms with Crippen LogP contribution >= 0.6 is 0 Å². The van der Waals surface area contributed by atoms with Gasteiger partial charge < -0.3 is 33.0 Å². The van der Waals surface area contributed by atoms with E-state index in [-0.39, 0.29) is 0 Å². The lowest BCUT2D eigenvalue weighted by atomic mass is 10.5. The first kappa shape index (κ1) is 13.0. The Kier molecular flexibility index (Phi) is 5.09. The highest BCUT2D eigenvalue weighted by atomic mass is 28.4. The topological polar surface area (TPSA) is 104 Å². The van der Waals surface area contributed by atoms with Crippen LogP contribution in [0.15, 0.2) is 0 Å². The van der Waals surface area contributed by atoms with E-state index >= 15 is 0 Å². The Morgan fingerprint density at radius 3 is 1.67 bits per heavy atom. The molecule has 0 aromatic heterocycles. The highest BCUT2D eigenvalue weighted by Crippen LogP contribution is 2.12. The van der Waals surface area contributed by atoms with E-state index in [1.165, 1.54) is 0 Å². The summed E-state index contributed by atoms with van der Waals surface area (Å²) in [7, 11) is -3.11. The molecule has 2 fully saturated rings. The van der Waals surface area contributed by atoms with Crippen LogP contribution in [-0.2, 0) is 18.6 Å². The van der Waals surface area contributed by atoms with Crippen LogP contribution in [-0.4, -0.2) is 69.2 Å². The summed E-state index contributed by atoms with van der Waals surface area (Å²) in [5.74, 6) is 0. The van der Waals surface area contributed by atoms with Crippen LogP contribution in [0.25, 0.3) is 0 Å². The van der Waals surface area contributed by atoms with Gasteiger partial charge in [-0.3, -0.25) is 0 Å². The Morgan fingerprint density at radius 2 is 1.47 bits per heavy atom. The van der Waals surface area contributed by atoms with Crippen LogP contribution in [0.1, 0.15) is 0 Å². The molecule has 0 aliphatic carbocycles. The lowest BCUT2D eigenvalue weighted by molar-refractivity contribution is 0.0881. The second kappa shape index (κ2) is 5.87. The molecule has 2 heterocycles. The van der Waals surface area contributed by atoms with Crippen molar-refractivity contribution in [3.05, 3.63) is 0 Å². The van der Waals surface area contributed by atoms with Crippen LogP contribution < -0.4 is 0 Å². The second-order valence-corrected chi connectivity index (χ2v) is 4.78. The van der Waals surface area contributed by atoms with E-state index in [0.29, 0.717) is 12.2 Å². The number of epoxide rings is 2. The third-order valence-corrected chi connectivity index (χ3v) is 2.23. The predicted molar refractivity (Wildman–Crippen MR) is 49.7 cm³/mol. The molecular formula is C7H16O7Si. The van der Waals surface area contributed by atoms with Crippen molar-refractivity contribution in [2.24, 2.45) is 0 Å². The van der Waals surface area contributed by atoms with E-state index in [2.05, 4.69) is 4.43 Å². The Bertz CT molecular complexity index is 163. The van der Waals surface area contributed by atoms with E-state index in [4.69, 9.17) is 28.6 Å². The smallest absolute Gasteiger partial charge is 0.376 e. The lowest BCUT2D eigenvalue weighted by Gasteiger charge is -2.01. The standard InChI is InChI=1S/C6H10O3.CH6O4Si/c1(5-3-8-5)7-2-6-4-9-6;1-5-6(2,3)4/h5-6H,1-4H2;2-4H,1H3. The van der Waals surface area contributed by atoms with E-state index in [1.54, 1.807) is 0 Å². The average Bonchev–Trinajstić information content (AvgIpc) is 2.98. The van der Waals surface area contributed by atoms with Gasteiger partial charge in [-0.2, -0.15) is 0 Å². The van der Waals surface area contributed by atoms with E-state index < -0.39 is 9.05 Å². The zero-order chi connectivity index (χ0) is 11.3. The van der Waals surface area contributed by atoms with Gasteiger partial charge in [0.05, 0.1) is 26.4 Å². The molecular weight excluding hydrogens is 224 g/mol. The van der Waals surface area contributed by atoms with Crippen molar-refractivity contribution in [1.82, 2.24) is 0 Å². The molecule has 7 nitrogen and oxygen atoms in total. The molecule has 0 aromatic rings. The third kappa shape index (κ3) is 8.90. The predicted octanol–water partition coefficient (Wildman–Crippen LogP) is -2.15. The first-order valence-corrected chi connectivity index (χ1v) is 6.29. The van der Waals surface area contributed by atoms with E-state index in [0.717, 1.165) is 33.5 Å². The van der Waals surface area contributed by atoms with Gasteiger partial charge >= 0.3 is 9.05 Å². The number of rotatable bonds is 5. The quantitative estimate of drug-likeness (QED) is 0.371. The largest absolute Gasteiger partial charge is 0.671 e. The van der Waals surface area contributed by atoms with Gasteiger partial charge in [-0.05, 0) is 0 Å².